The molecule has 0 saturated heterocycles. The molecule has 2 aromatic heterocycles. The molecular weight excluding hydrogens is 192 g/mol. The molecule has 0 aliphatic heterocycles. The van der Waals surface area contributed by atoms with Gasteiger partial charge in [0.05, 0.1) is 5.52 Å². The molecule has 0 atom stereocenters. The summed E-state index contributed by atoms with van der Waals surface area (Å²) in [7, 11) is 0. The first-order valence-corrected chi connectivity index (χ1v) is 5.24. The minimum atomic E-state index is 0.805. The smallest absolute Gasteiger partial charge is 0.0729 e. The standard InChI is InChI=1S/C11H8N2S/c12-8-3-5-13-9-1-2-10-7(11(8)9)4-6-14-10/h1-6H,(H2,12,13). The van der Waals surface area contributed by atoms with Crippen molar-refractivity contribution < 1.29 is 0 Å². The van der Waals surface area contributed by atoms with Crippen molar-refractivity contribution in [3.05, 3.63) is 35.8 Å². The Kier molecular flexibility index (Phi) is 1.49. The van der Waals surface area contributed by atoms with Gasteiger partial charge in [-0.3, -0.25) is 4.98 Å². The van der Waals surface area contributed by atoms with Crippen molar-refractivity contribution in [3.63, 3.8) is 0 Å². The summed E-state index contributed by atoms with van der Waals surface area (Å²) in [4.78, 5) is 4.30. The van der Waals surface area contributed by atoms with Crippen molar-refractivity contribution in [2.24, 2.45) is 0 Å². The van der Waals surface area contributed by atoms with E-state index in [0.29, 0.717) is 0 Å². The van der Waals surface area contributed by atoms with Gasteiger partial charge in [0.2, 0.25) is 0 Å². The minimum absolute atomic E-state index is 0.805. The lowest BCUT2D eigenvalue weighted by atomic mass is 10.1. The van der Waals surface area contributed by atoms with Crippen LogP contribution in [-0.2, 0) is 0 Å². The summed E-state index contributed by atoms with van der Waals surface area (Å²) in [6, 6.07) is 8.05. The van der Waals surface area contributed by atoms with Gasteiger partial charge in [0.15, 0.2) is 0 Å². The number of nitrogens with two attached hydrogens (primary N) is 1. The monoisotopic (exact) mass is 200 g/mol. The second-order valence-electron chi connectivity index (χ2n) is 3.19. The van der Waals surface area contributed by atoms with Gasteiger partial charge in [-0.05, 0) is 29.6 Å². The zero-order chi connectivity index (χ0) is 9.54. The first-order valence-electron chi connectivity index (χ1n) is 4.37. The molecule has 0 unspecified atom stereocenters. The maximum Gasteiger partial charge on any atom is 0.0729 e. The molecule has 0 saturated carbocycles. The Morgan fingerprint density at radius 1 is 1.14 bits per heavy atom. The van der Waals surface area contributed by atoms with Crippen LogP contribution in [0.25, 0.3) is 21.0 Å². The van der Waals surface area contributed by atoms with E-state index in [1.807, 2.05) is 12.1 Å². The summed E-state index contributed by atoms with van der Waals surface area (Å²) in [5.41, 5.74) is 7.72. The first-order chi connectivity index (χ1) is 6.86. The van der Waals surface area contributed by atoms with E-state index in [1.165, 1.54) is 10.1 Å². The van der Waals surface area contributed by atoms with Gasteiger partial charge >= 0.3 is 0 Å². The van der Waals surface area contributed by atoms with Gasteiger partial charge < -0.3 is 5.73 Å². The molecule has 3 heteroatoms. The summed E-state index contributed by atoms with van der Waals surface area (Å²) < 4.78 is 1.26. The molecular formula is C11H8N2S. The highest BCUT2D eigenvalue weighted by Crippen LogP contribution is 2.31. The van der Waals surface area contributed by atoms with Crippen LogP contribution in [0.5, 0.6) is 0 Å². The Morgan fingerprint density at radius 2 is 2.07 bits per heavy atom. The number of fused-ring (bicyclic) bond motifs is 3. The fourth-order valence-corrected chi connectivity index (χ4v) is 2.52. The molecule has 0 bridgehead atoms. The van der Waals surface area contributed by atoms with E-state index in [9.17, 15) is 0 Å². The summed E-state index contributed by atoms with van der Waals surface area (Å²) in [6.07, 6.45) is 1.75. The number of pyridine rings is 1. The number of benzene rings is 1. The molecule has 3 aromatic rings. The van der Waals surface area contributed by atoms with Gasteiger partial charge in [-0.1, -0.05) is 0 Å². The van der Waals surface area contributed by atoms with E-state index in [0.717, 1.165) is 16.6 Å². The molecule has 0 aliphatic carbocycles. The largest absolute Gasteiger partial charge is 0.398 e. The highest BCUT2D eigenvalue weighted by Gasteiger charge is 2.04. The molecule has 2 nitrogen and oxygen atoms in total. The molecule has 68 valence electrons. The summed E-state index contributed by atoms with van der Waals surface area (Å²) >= 11 is 1.73. The van der Waals surface area contributed by atoms with Crippen LogP contribution < -0.4 is 5.73 Å². The Balaban J connectivity index is 2.67. The van der Waals surface area contributed by atoms with Crippen LogP contribution in [0.4, 0.5) is 5.69 Å². The summed E-state index contributed by atoms with van der Waals surface area (Å²) in [6.45, 7) is 0. The van der Waals surface area contributed by atoms with Crippen molar-refractivity contribution in [1.82, 2.24) is 4.98 Å². The number of anilines is 1. The van der Waals surface area contributed by atoms with Gasteiger partial charge in [0.25, 0.3) is 0 Å². The van der Waals surface area contributed by atoms with Crippen LogP contribution in [0.2, 0.25) is 0 Å². The number of nitrogen functional groups attached to an aromatic ring is 1. The number of rotatable bonds is 0. The molecule has 0 fully saturated rings. The molecule has 0 spiro atoms. The number of hydrogen-bond donors (Lipinski definition) is 1. The van der Waals surface area contributed by atoms with E-state index in [2.05, 4.69) is 22.5 Å². The van der Waals surface area contributed by atoms with Crippen molar-refractivity contribution >= 4 is 38.0 Å². The summed E-state index contributed by atoms with van der Waals surface area (Å²) in [5, 5.41) is 4.36. The minimum Gasteiger partial charge on any atom is -0.398 e. The zero-order valence-corrected chi connectivity index (χ0v) is 8.21. The molecule has 0 radical (unpaired) electrons. The third kappa shape index (κ3) is 0.930. The van der Waals surface area contributed by atoms with Crippen LogP contribution in [0, 0.1) is 0 Å². The number of hydrogen-bond acceptors (Lipinski definition) is 3. The van der Waals surface area contributed by atoms with E-state index in [-0.39, 0.29) is 0 Å². The molecule has 3 rings (SSSR count). The normalized spacial score (nSPS) is 11.1. The number of aromatic nitrogens is 1. The highest BCUT2D eigenvalue weighted by atomic mass is 32.1. The van der Waals surface area contributed by atoms with E-state index < -0.39 is 0 Å². The number of thiophene rings is 1. The average molecular weight is 200 g/mol. The lowest BCUT2D eigenvalue weighted by Crippen LogP contribution is -1.88. The predicted molar refractivity (Wildman–Crippen MR) is 61.5 cm³/mol. The summed E-state index contributed by atoms with van der Waals surface area (Å²) in [5.74, 6) is 0. The van der Waals surface area contributed by atoms with E-state index in [1.54, 1.807) is 17.5 Å². The van der Waals surface area contributed by atoms with Crippen molar-refractivity contribution in [3.8, 4) is 0 Å². The third-order valence-electron chi connectivity index (χ3n) is 2.37. The second-order valence-corrected chi connectivity index (χ2v) is 4.14. The topological polar surface area (TPSA) is 38.9 Å². The van der Waals surface area contributed by atoms with Crippen LogP contribution in [0.15, 0.2) is 35.8 Å². The van der Waals surface area contributed by atoms with Gasteiger partial charge in [-0.25, -0.2) is 0 Å². The molecule has 1 aromatic carbocycles. The Hall–Kier alpha value is -1.61. The van der Waals surface area contributed by atoms with E-state index in [4.69, 9.17) is 5.73 Å². The second kappa shape index (κ2) is 2.69. The molecule has 14 heavy (non-hydrogen) atoms. The van der Waals surface area contributed by atoms with Crippen LogP contribution in [0.1, 0.15) is 0 Å². The number of nitrogens with zero attached hydrogens (tertiary/aromatic N) is 1. The van der Waals surface area contributed by atoms with Crippen LogP contribution in [0.3, 0.4) is 0 Å². The maximum atomic E-state index is 5.95. The van der Waals surface area contributed by atoms with Gasteiger partial charge in [-0.15, -0.1) is 11.3 Å². The van der Waals surface area contributed by atoms with Gasteiger partial charge in [0, 0.05) is 27.4 Å². The van der Waals surface area contributed by atoms with Crippen molar-refractivity contribution in [2.45, 2.75) is 0 Å². The maximum absolute atomic E-state index is 5.95. The van der Waals surface area contributed by atoms with E-state index >= 15 is 0 Å². The quantitative estimate of drug-likeness (QED) is 0.605. The third-order valence-corrected chi connectivity index (χ3v) is 3.25. The molecule has 0 aliphatic rings. The van der Waals surface area contributed by atoms with Crippen molar-refractivity contribution in [1.29, 1.82) is 0 Å². The molecule has 2 heterocycles. The average Bonchev–Trinajstić information content (AvgIpc) is 2.65. The fraction of sp³-hybridized carbons (Fsp3) is 0. The Bertz CT molecular complexity index is 613. The van der Waals surface area contributed by atoms with Crippen molar-refractivity contribution in [2.75, 3.05) is 5.73 Å². The Morgan fingerprint density at radius 3 is 3.00 bits per heavy atom. The fourth-order valence-electron chi connectivity index (χ4n) is 1.72. The van der Waals surface area contributed by atoms with Crippen LogP contribution in [-0.4, -0.2) is 4.98 Å². The molecule has 2 N–H and O–H groups in total. The first kappa shape index (κ1) is 7.76. The predicted octanol–water partition coefficient (Wildman–Crippen LogP) is 3.03. The lowest BCUT2D eigenvalue weighted by Gasteiger charge is -2.01. The van der Waals surface area contributed by atoms with Crippen LogP contribution >= 0.6 is 11.3 Å². The Labute approximate surface area is 85.0 Å². The zero-order valence-electron chi connectivity index (χ0n) is 7.40. The van der Waals surface area contributed by atoms with Gasteiger partial charge in [0.1, 0.15) is 0 Å². The lowest BCUT2D eigenvalue weighted by molar-refractivity contribution is 1.42. The highest BCUT2D eigenvalue weighted by molar-refractivity contribution is 7.17. The SMILES string of the molecule is Nc1ccnc2ccc3sccc3c12. The van der Waals surface area contributed by atoms with Gasteiger partial charge in [-0.2, -0.15) is 0 Å². The molecule has 0 amide bonds.